The van der Waals surface area contributed by atoms with Crippen LogP contribution in [0.3, 0.4) is 0 Å². The Morgan fingerprint density at radius 3 is 2.39 bits per heavy atom. The predicted molar refractivity (Wildman–Crippen MR) is 94.4 cm³/mol. The first-order valence-corrected chi connectivity index (χ1v) is 8.20. The SMILES string of the molecule is CC(C)(C)c1ccc(Nc2nnc(-c3cccs3)c(=O)[nH]2)cc1. The average Bonchev–Trinajstić information content (AvgIpc) is 3.01. The highest BCUT2D eigenvalue weighted by Gasteiger charge is 2.13. The van der Waals surface area contributed by atoms with E-state index in [0.717, 1.165) is 10.6 Å². The summed E-state index contributed by atoms with van der Waals surface area (Å²) in [6.07, 6.45) is 0. The lowest BCUT2D eigenvalue weighted by atomic mass is 9.87. The van der Waals surface area contributed by atoms with Crippen molar-refractivity contribution in [1.82, 2.24) is 15.2 Å². The smallest absolute Gasteiger partial charge is 0.280 e. The van der Waals surface area contributed by atoms with Crippen molar-refractivity contribution in [3.05, 3.63) is 57.7 Å². The molecule has 6 heteroatoms. The molecule has 0 atom stereocenters. The van der Waals surface area contributed by atoms with Crippen LogP contribution in [0.1, 0.15) is 26.3 Å². The fourth-order valence-corrected chi connectivity index (χ4v) is 2.86. The maximum absolute atomic E-state index is 12.1. The number of aromatic nitrogens is 3. The lowest BCUT2D eigenvalue weighted by Gasteiger charge is -2.19. The van der Waals surface area contributed by atoms with Crippen LogP contribution in [0.25, 0.3) is 10.6 Å². The maximum Gasteiger partial charge on any atom is 0.280 e. The molecular formula is C17H18N4OS. The van der Waals surface area contributed by atoms with E-state index >= 15 is 0 Å². The molecule has 0 unspecified atom stereocenters. The molecule has 2 N–H and O–H groups in total. The number of anilines is 2. The summed E-state index contributed by atoms with van der Waals surface area (Å²) in [5.41, 5.74) is 2.29. The van der Waals surface area contributed by atoms with Gasteiger partial charge in [-0.2, -0.15) is 0 Å². The highest BCUT2D eigenvalue weighted by atomic mass is 32.1. The van der Waals surface area contributed by atoms with E-state index in [2.05, 4.69) is 53.4 Å². The van der Waals surface area contributed by atoms with Crippen LogP contribution < -0.4 is 10.9 Å². The van der Waals surface area contributed by atoms with E-state index in [4.69, 9.17) is 0 Å². The summed E-state index contributed by atoms with van der Waals surface area (Å²) in [5, 5.41) is 13.1. The lowest BCUT2D eigenvalue weighted by molar-refractivity contribution is 0.590. The molecule has 0 bridgehead atoms. The molecule has 0 amide bonds. The number of benzene rings is 1. The highest BCUT2D eigenvalue weighted by molar-refractivity contribution is 7.13. The first-order valence-electron chi connectivity index (χ1n) is 7.32. The number of hydrogen-bond donors (Lipinski definition) is 2. The molecule has 0 fully saturated rings. The predicted octanol–water partition coefficient (Wildman–Crippen LogP) is 3.93. The van der Waals surface area contributed by atoms with Crippen LogP contribution in [0.15, 0.2) is 46.6 Å². The van der Waals surface area contributed by atoms with E-state index in [1.807, 2.05) is 29.6 Å². The number of hydrogen-bond acceptors (Lipinski definition) is 5. The summed E-state index contributed by atoms with van der Waals surface area (Å²) in [4.78, 5) is 15.7. The molecule has 0 radical (unpaired) electrons. The van der Waals surface area contributed by atoms with Crippen LogP contribution >= 0.6 is 11.3 Å². The number of aromatic amines is 1. The van der Waals surface area contributed by atoms with Gasteiger partial charge in [-0.1, -0.05) is 39.0 Å². The van der Waals surface area contributed by atoms with Gasteiger partial charge in [0.15, 0.2) is 5.69 Å². The number of H-pyrrole nitrogens is 1. The minimum atomic E-state index is -0.253. The second-order valence-electron chi connectivity index (χ2n) is 6.28. The number of rotatable bonds is 3. The Hall–Kier alpha value is -2.47. The van der Waals surface area contributed by atoms with E-state index in [1.165, 1.54) is 16.9 Å². The molecule has 0 aliphatic carbocycles. The van der Waals surface area contributed by atoms with Crippen LogP contribution in [0.5, 0.6) is 0 Å². The van der Waals surface area contributed by atoms with Crippen LogP contribution in [0.4, 0.5) is 11.6 Å². The third-order valence-electron chi connectivity index (χ3n) is 3.47. The van der Waals surface area contributed by atoms with Crippen molar-refractivity contribution in [1.29, 1.82) is 0 Å². The minimum absolute atomic E-state index is 0.106. The average molecular weight is 326 g/mol. The van der Waals surface area contributed by atoms with Crippen molar-refractivity contribution in [2.75, 3.05) is 5.32 Å². The fraction of sp³-hybridized carbons (Fsp3) is 0.235. The zero-order valence-electron chi connectivity index (χ0n) is 13.3. The Morgan fingerprint density at radius 1 is 1.09 bits per heavy atom. The zero-order chi connectivity index (χ0) is 16.4. The van der Waals surface area contributed by atoms with Crippen LogP contribution in [-0.2, 0) is 5.41 Å². The van der Waals surface area contributed by atoms with Crippen molar-refractivity contribution in [2.45, 2.75) is 26.2 Å². The van der Waals surface area contributed by atoms with Gasteiger partial charge in [-0.05, 0) is 34.6 Å². The second kappa shape index (κ2) is 5.96. The molecule has 2 heterocycles. The number of nitrogens with one attached hydrogen (secondary N) is 2. The largest absolute Gasteiger partial charge is 0.324 e. The van der Waals surface area contributed by atoms with Crippen molar-refractivity contribution in [3.8, 4) is 10.6 Å². The van der Waals surface area contributed by atoms with E-state index < -0.39 is 0 Å². The highest BCUT2D eigenvalue weighted by Crippen LogP contribution is 2.24. The second-order valence-corrected chi connectivity index (χ2v) is 7.23. The van der Waals surface area contributed by atoms with Crippen LogP contribution in [0, 0.1) is 0 Å². The molecule has 118 valence electrons. The summed E-state index contributed by atoms with van der Waals surface area (Å²) in [6, 6.07) is 11.8. The van der Waals surface area contributed by atoms with Gasteiger partial charge in [0.1, 0.15) is 0 Å². The summed E-state index contributed by atoms with van der Waals surface area (Å²) < 4.78 is 0. The third kappa shape index (κ3) is 3.48. The Labute approximate surface area is 138 Å². The molecule has 0 spiro atoms. The van der Waals surface area contributed by atoms with Gasteiger partial charge in [-0.15, -0.1) is 21.5 Å². The molecular weight excluding hydrogens is 308 g/mol. The van der Waals surface area contributed by atoms with Gasteiger partial charge in [0.2, 0.25) is 5.95 Å². The molecule has 0 aliphatic rings. The molecule has 0 saturated heterocycles. The zero-order valence-corrected chi connectivity index (χ0v) is 14.1. The molecule has 3 rings (SSSR count). The van der Waals surface area contributed by atoms with Crippen molar-refractivity contribution in [2.24, 2.45) is 0 Å². The van der Waals surface area contributed by atoms with Gasteiger partial charge in [0.05, 0.1) is 4.88 Å². The lowest BCUT2D eigenvalue weighted by Crippen LogP contribution is -2.15. The number of thiophene rings is 1. The quantitative estimate of drug-likeness (QED) is 0.765. The van der Waals surface area contributed by atoms with Crippen molar-refractivity contribution < 1.29 is 0 Å². The monoisotopic (exact) mass is 326 g/mol. The van der Waals surface area contributed by atoms with Gasteiger partial charge in [0, 0.05) is 5.69 Å². The van der Waals surface area contributed by atoms with Gasteiger partial charge in [0.25, 0.3) is 5.56 Å². The summed E-state index contributed by atoms with van der Waals surface area (Å²) in [7, 11) is 0. The molecule has 0 aliphatic heterocycles. The topological polar surface area (TPSA) is 70.7 Å². The van der Waals surface area contributed by atoms with E-state index in [-0.39, 0.29) is 11.0 Å². The standard InChI is InChI=1S/C17H18N4OS/c1-17(2,3)11-6-8-12(9-7-11)18-16-19-15(22)14(20-21-16)13-5-4-10-23-13/h4-10H,1-3H3,(H2,18,19,21,22). The van der Waals surface area contributed by atoms with Gasteiger partial charge in [-0.3, -0.25) is 9.78 Å². The van der Waals surface area contributed by atoms with Gasteiger partial charge >= 0.3 is 0 Å². The Bertz CT molecular complexity index is 846. The van der Waals surface area contributed by atoms with Gasteiger partial charge < -0.3 is 5.32 Å². The van der Waals surface area contributed by atoms with Crippen molar-refractivity contribution >= 4 is 23.0 Å². The summed E-state index contributed by atoms with van der Waals surface area (Å²) in [6.45, 7) is 6.51. The summed E-state index contributed by atoms with van der Waals surface area (Å²) in [5.74, 6) is 0.332. The molecule has 3 aromatic rings. The molecule has 1 aromatic carbocycles. The Morgan fingerprint density at radius 2 is 1.83 bits per heavy atom. The Balaban J connectivity index is 1.81. The van der Waals surface area contributed by atoms with Gasteiger partial charge in [-0.25, -0.2) is 0 Å². The molecule has 2 aromatic heterocycles. The third-order valence-corrected chi connectivity index (χ3v) is 4.34. The van der Waals surface area contributed by atoms with E-state index in [1.54, 1.807) is 0 Å². The first kappa shape index (κ1) is 15.4. The van der Waals surface area contributed by atoms with E-state index in [9.17, 15) is 4.79 Å². The number of nitrogens with zero attached hydrogens (tertiary/aromatic N) is 2. The first-order chi connectivity index (χ1) is 10.9. The molecule has 0 saturated carbocycles. The maximum atomic E-state index is 12.1. The van der Waals surface area contributed by atoms with Crippen molar-refractivity contribution in [3.63, 3.8) is 0 Å². The molecule has 5 nitrogen and oxygen atoms in total. The molecule has 23 heavy (non-hydrogen) atoms. The normalized spacial score (nSPS) is 11.4. The van der Waals surface area contributed by atoms with E-state index in [0.29, 0.717) is 11.6 Å². The van der Waals surface area contributed by atoms with Crippen LogP contribution in [0.2, 0.25) is 0 Å². The summed E-state index contributed by atoms with van der Waals surface area (Å²) >= 11 is 1.46. The fourth-order valence-electron chi connectivity index (χ4n) is 2.16. The minimum Gasteiger partial charge on any atom is -0.324 e. The van der Waals surface area contributed by atoms with Crippen LogP contribution in [-0.4, -0.2) is 15.2 Å². The Kier molecular flexibility index (Phi) is 4.00.